The van der Waals surface area contributed by atoms with Gasteiger partial charge in [0, 0.05) is 10.6 Å². The van der Waals surface area contributed by atoms with E-state index in [1.54, 1.807) is 33.9 Å². The lowest BCUT2D eigenvalue weighted by molar-refractivity contribution is 0.476. The molecular formula is C18H18N2O2S2. The molecule has 0 bridgehead atoms. The molecule has 0 saturated heterocycles. The first-order chi connectivity index (χ1) is 11.8. The number of furan rings is 1. The average molecular weight is 358 g/mol. The molecule has 3 heterocycles. The van der Waals surface area contributed by atoms with Crippen LogP contribution in [0, 0.1) is 0 Å². The van der Waals surface area contributed by atoms with E-state index in [-0.39, 0.29) is 5.56 Å². The lowest BCUT2D eigenvalue weighted by Crippen LogP contribution is -2.24. The molecule has 0 aliphatic heterocycles. The Labute approximate surface area is 148 Å². The molecule has 0 fully saturated rings. The Balaban J connectivity index is 1.90. The van der Waals surface area contributed by atoms with Crippen LogP contribution >= 0.6 is 23.1 Å². The molecule has 0 atom stereocenters. The van der Waals surface area contributed by atoms with Crippen LogP contribution in [-0.2, 0) is 19.4 Å². The number of aryl methyl sites for hydroxylation is 2. The van der Waals surface area contributed by atoms with Gasteiger partial charge >= 0.3 is 0 Å². The smallest absolute Gasteiger partial charge is 0.263 e. The fraction of sp³-hybridized carbons (Fsp3) is 0.333. The van der Waals surface area contributed by atoms with Gasteiger partial charge in [-0.1, -0.05) is 17.8 Å². The predicted octanol–water partition coefficient (Wildman–Crippen LogP) is 4.26. The first-order valence-electron chi connectivity index (χ1n) is 8.09. The first-order valence-corrected chi connectivity index (χ1v) is 9.89. The summed E-state index contributed by atoms with van der Waals surface area (Å²) in [4.78, 5) is 20.3. The van der Waals surface area contributed by atoms with E-state index < -0.39 is 0 Å². The zero-order valence-electron chi connectivity index (χ0n) is 13.3. The van der Waals surface area contributed by atoms with Crippen molar-refractivity contribution in [2.45, 2.75) is 37.4 Å². The van der Waals surface area contributed by atoms with Crippen LogP contribution in [0.3, 0.4) is 0 Å². The van der Waals surface area contributed by atoms with Gasteiger partial charge in [-0.25, -0.2) is 4.98 Å². The van der Waals surface area contributed by atoms with Crippen molar-refractivity contribution in [3.05, 3.63) is 57.6 Å². The molecule has 3 aromatic rings. The summed E-state index contributed by atoms with van der Waals surface area (Å²) >= 11 is 3.23. The van der Waals surface area contributed by atoms with Gasteiger partial charge in [0.1, 0.15) is 10.6 Å². The number of thioether (sulfide) groups is 1. The molecule has 1 aliphatic carbocycles. The Morgan fingerprint density at radius 3 is 3.08 bits per heavy atom. The minimum atomic E-state index is 0.0577. The van der Waals surface area contributed by atoms with Crippen LogP contribution in [0.4, 0.5) is 0 Å². The molecule has 0 spiro atoms. The number of rotatable bonds is 5. The topological polar surface area (TPSA) is 48.0 Å². The van der Waals surface area contributed by atoms with Gasteiger partial charge < -0.3 is 4.42 Å². The van der Waals surface area contributed by atoms with E-state index >= 15 is 0 Å². The molecular weight excluding hydrogens is 340 g/mol. The molecule has 24 heavy (non-hydrogen) atoms. The molecule has 0 unspecified atom stereocenters. The van der Waals surface area contributed by atoms with Crippen molar-refractivity contribution in [1.82, 2.24) is 9.55 Å². The Bertz CT molecular complexity index is 938. The molecule has 3 aromatic heterocycles. The van der Waals surface area contributed by atoms with E-state index in [2.05, 4.69) is 6.58 Å². The summed E-state index contributed by atoms with van der Waals surface area (Å²) in [5.41, 5.74) is 1.29. The molecule has 0 N–H and O–H groups in total. The van der Waals surface area contributed by atoms with Crippen LogP contribution in [0.5, 0.6) is 0 Å². The van der Waals surface area contributed by atoms with E-state index in [0.717, 1.165) is 46.1 Å². The standard InChI is InChI=1S/C18H18N2O2S2/c1-2-10-23-18-19-16-15(13-7-3-4-8-14(13)24-16)17(21)20(18)11-12-6-5-9-22-12/h2,5-6,9H,1,3-4,7-8,10-11H2. The third kappa shape index (κ3) is 2.74. The maximum atomic E-state index is 13.2. The van der Waals surface area contributed by atoms with Gasteiger partial charge in [0.25, 0.3) is 5.56 Å². The number of aromatic nitrogens is 2. The lowest BCUT2D eigenvalue weighted by atomic mass is 9.97. The lowest BCUT2D eigenvalue weighted by Gasteiger charge is -2.12. The summed E-state index contributed by atoms with van der Waals surface area (Å²) in [7, 11) is 0. The largest absolute Gasteiger partial charge is 0.467 e. The van der Waals surface area contributed by atoms with Crippen LogP contribution in [0.1, 0.15) is 29.0 Å². The van der Waals surface area contributed by atoms with Crippen molar-refractivity contribution in [3.63, 3.8) is 0 Å². The maximum Gasteiger partial charge on any atom is 0.263 e. The van der Waals surface area contributed by atoms with Crippen LogP contribution in [0.25, 0.3) is 10.2 Å². The highest BCUT2D eigenvalue weighted by Gasteiger charge is 2.22. The molecule has 4 nitrogen and oxygen atoms in total. The summed E-state index contributed by atoms with van der Waals surface area (Å²) in [5.74, 6) is 1.49. The molecule has 1 aliphatic rings. The minimum Gasteiger partial charge on any atom is -0.467 e. The molecule has 4 rings (SSSR count). The number of fused-ring (bicyclic) bond motifs is 3. The first kappa shape index (κ1) is 15.7. The van der Waals surface area contributed by atoms with Crippen molar-refractivity contribution in [3.8, 4) is 0 Å². The summed E-state index contributed by atoms with van der Waals surface area (Å²) in [6.07, 6.45) is 7.89. The van der Waals surface area contributed by atoms with Crippen molar-refractivity contribution >= 4 is 33.3 Å². The average Bonchev–Trinajstić information content (AvgIpc) is 3.22. The highest BCUT2D eigenvalue weighted by Crippen LogP contribution is 2.34. The fourth-order valence-electron chi connectivity index (χ4n) is 3.16. The van der Waals surface area contributed by atoms with E-state index in [0.29, 0.717) is 6.54 Å². The molecule has 0 amide bonds. The quantitative estimate of drug-likeness (QED) is 0.388. The van der Waals surface area contributed by atoms with E-state index in [1.807, 2.05) is 18.2 Å². The van der Waals surface area contributed by atoms with Crippen LogP contribution in [0.15, 0.2) is 45.4 Å². The number of thiophene rings is 1. The van der Waals surface area contributed by atoms with Gasteiger partial charge in [0.2, 0.25) is 0 Å². The van der Waals surface area contributed by atoms with Crippen molar-refractivity contribution in [2.24, 2.45) is 0 Å². The second kappa shape index (κ2) is 6.61. The van der Waals surface area contributed by atoms with Gasteiger partial charge in [-0.2, -0.15) is 0 Å². The van der Waals surface area contributed by atoms with Crippen LogP contribution < -0.4 is 5.56 Å². The van der Waals surface area contributed by atoms with Gasteiger partial charge in [0.05, 0.1) is 18.2 Å². The van der Waals surface area contributed by atoms with Crippen molar-refractivity contribution in [1.29, 1.82) is 0 Å². The van der Waals surface area contributed by atoms with Gasteiger partial charge in [-0.15, -0.1) is 17.9 Å². The number of hydrogen-bond donors (Lipinski definition) is 0. The van der Waals surface area contributed by atoms with E-state index in [1.165, 1.54) is 16.9 Å². The Morgan fingerprint density at radius 1 is 1.42 bits per heavy atom. The number of hydrogen-bond acceptors (Lipinski definition) is 5. The SMILES string of the molecule is C=CCSc1nc2sc3c(c2c(=O)n1Cc1ccco1)CCCC3. The summed E-state index contributed by atoms with van der Waals surface area (Å²) in [6, 6.07) is 3.73. The van der Waals surface area contributed by atoms with Crippen molar-refractivity contribution in [2.75, 3.05) is 5.75 Å². The van der Waals surface area contributed by atoms with E-state index in [4.69, 9.17) is 9.40 Å². The van der Waals surface area contributed by atoms with Crippen molar-refractivity contribution < 1.29 is 4.42 Å². The molecule has 124 valence electrons. The highest BCUT2D eigenvalue weighted by atomic mass is 32.2. The van der Waals surface area contributed by atoms with Crippen LogP contribution in [0.2, 0.25) is 0 Å². The zero-order valence-corrected chi connectivity index (χ0v) is 14.9. The summed E-state index contributed by atoms with van der Waals surface area (Å²) < 4.78 is 7.19. The molecule has 0 aromatic carbocycles. The summed E-state index contributed by atoms with van der Waals surface area (Å²) in [5, 5.41) is 1.56. The Kier molecular flexibility index (Phi) is 4.33. The summed E-state index contributed by atoms with van der Waals surface area (Å²) in [6.45, 7) is 4.18. The zero-order chi connectivity index (χ0) is 16.5. The van der Waals surface area contributed by atoms with Gasteiger partial charge in [-0.05, 0) is 43.4 Å². The second-order valence-electron chi connectivity index (χ2n) is 5.86. The predicted molar refractivity (Wildman–Crippen MR) is 99.3 cm³/mol. The molecule has 0 radical (unpaired) electrons. The molecule has 0 saturated carbocycles. The number of nitrogens with zero attached hydrogens (tertiary/aromatic N) is 2. The third-order valence-corrected chi connectivity index (χ3v) is 6.42. The maximum absolute atomic E-state index is 13.2. The second-order valence-corrected chi connectivity index (χ2v) is 7.93. The highest BCUT2D eigenvalue weighted by molar-refractivity contribution is 7.99. The Hall–Kier alpha value is -1.79. The van der Waals surface area contributed by atoms with Gasteiger partial charge in [0.15, 0.2) is 5.16 Å². The fourth-order valence-corrected chi connectivity index (χ4v) is 5.20. The third-order valence-electron chi connectivity index (χ3n) is 4.26. The van der Waals surface area contributed by atoms with Gasteiger partial charge in [-0.3, -0.25) is 9.36 Å². The van der Waals surface area contributed by atoms with Crippen LogP contribution in [-0.4, -0.2) is 15.3 Å². The minimum absolute atomic E-state index is 0.0577. The van der Waals surface area contributed by atoms with E-state index in [9.17, 15) is 4.79 Å². The monoisotopic (exact) mass is 358 g/mol. The normalized spacial score (nSPS) is 14.0. The Morgan fingerprint density at radius 2 is 2.29 bits per heavy atom. The molecule has 6 heteroatoms.